The molecule has 0 aliphatic carbocycles. The lowest BCUT2D eigenvalue weighted by atomic mass is 9.78. The van der Waals surface area contributed by atoms with Gasteiger partial charge in [-0.15, -0.1) is 0 Å². The van der Waals surface area contributed by atoms with Gasteiger partial charge in [-0.1, -0.05) is 30.3 Å². The minimum atomic E-state index is -1.38. The van der Waals surface area contributed by atoms with E-state index < -0.39 is 62.5 Å². The van der Waals surface area contributed by atoms with Gasteiger partial charge in [0.25, 0.3) is 11.8 Å². The third-order valence-electron chi connectivity index (χ3n) is 7.78. The molecule has 5 rings (SSSR count). The lowest BCUT2D eigenvalue weighted by molar-refractivity contribution is -0.137. The molecule has 2 heterocycles. The van der Waals surface area contributed by atoms with Gasteiger partial charge in [-0.3, -0.25) is 19.2 Å². The van der Waals surface area contributed by atoms with Gasteiger partial charge >= 0.3 is 20.2 Å². The minimum absolute atomic E-state index is 0.133. The Balaban J connectivity index is 1.41. The van der Waals surface area contributed by atoms with Crippen LogP contribution in [0.4, 0.5) is 0 Å². The highest BCUT2D eigenvalue weighted by Gasteiger charge is 2.34. The predicted molar refractivity (Wildman–Crippen MR) is 162 cm³/mol. The quantitative estimate of drug-likeness (QED) is 0.152. The van der Waals surface area contributed by atoms with Crippen LogP contribution in [0.2, 0.25) is 0 Å². The van der Waals surface area contributed by atoms with Crippen LogP contribution < -0.4 is 31.6 Å². The average molecular weight is 615 g/mol. The van der Waals surface area contributed by atoms with E-state index in [9.17, 15) is 34.3 Å². The van der Waals surface area contributed by atoms with E-state index >= 15 is 0 Å². The molecule has 232 valence electrons. The molecule has 0 bridgehead atoms. The maximum Gasteiger partial charge on any atom is 0.491 e. The number of carbonyl (C=O) groups is 4. The molecule has 6 N–H and O–H groups in total. The molecule has 3 aromatic carbocycles. The number of carbonyl (C=O) groups excluding carboxylic acids is 3. The Morgan fingerprint density at radius 3 is 1.96 bits per heavy atom. The Morgan fingerprint density at radius 2 is 1.40 bits per heavy atom. The zero-order valence-electron chi connectivity index (χ0n) is 24.5. The van der Waals surface area contributed by atoms with E-state index in [0.29, 0.717) is 27.8 Å². The van der Waals surface area contributed by atoms with Crippen LogP contribution in [-0.4, -0.2) is 72.3 Å². The SMILES string of the molecule is COc1ccccc1C(CC(=O)O)NC(=O)C(NC(=O)c1ccc2c(c1)B(O)OC2)C(C)NC(=O)c1ccc2c(c1)B(O)OC2. The summed E-state index contributed by atoms with van der Waals surface area (Å²) in [6.45, 7) is 1.91. The topological polar surface area (TPSA) is 193 Å². The first-order chi connectivity index (χ1) is 21.5. The summed E-state index contributed by atoms with van der Waals surface area (Å²) in [5.41, 5.74) is 3.06. The number of para-hydroxylation sites is 1. The number of hydrogen-bond acceptors (Lipinski definition) is 9. The summed E-state index contributed by atoms with van der Waals surface area (Å²) in [6.07, 6.45) is -0.490. The number of benzene rings is 3. The molecule has 45 heavy (non-hydrogen) atoms. The molecule has 0 radical (unpaired) electrons. The minimum Gasteiger partial charge on any atom is -0.496 e. The van der Waals surface area contributed by atoms with Gasteiger partial charge in [0.05, 0.1) is 38.8 Å². The van der Waals surface area contributed by atoms with E-state index in [1.54, 1.807) is 42.5 Å². The van der Waals surface area contributed by atoms with Crippen molar-refractivity contribution in [2.75, 3.05) is 7.11 Å². The molecule has 0 saturated heterocycles. The third kappa shape index (κ3) is 7.02. The van der Waals surface area contributed by atoms with Gasteiger partial charge in [0, 0.05) is 16.7 Å². The number of hydrogen-bond donors (Lipinski definition) is 6. The van der Waals surface area contributed by atoms with Crippen molar-refractivity contribution in [3.05, 3.63) is 88.5 Å². The van der Waals surface area contributed by atoms with Crippen LogP contribution in [0.15, 0.2) is 60.7 Å². The van der Waals surface area contributed by atoms with E-state index in [1.807, 2.05) is 0 Å². The van der Waals surface area contributed by atoms with Crippen molar-refractivity contribution >= 4 is 48.9 Å². The molecule has 15 heteroatoms. The summed E-state index contributed by atoms with van der Waals surface area (Å²) in [4.78, 5) is 52.3. The Kier molecular flexibility index (Phi) is 9.54. The lowest BCUT2D eigenvalue weighted by Gasteiger charge is -2.28. The monoisotopic (exact) mass is 615 g/mol. The Hall–Kier alpha value is -4.69. The second-order valence-electron chi connectivity index (χ2n) is 10.8. The summed E-state index contributed by atoms with van der Waals surface area (Å²) < 4.78 is 15.8. The third-order valence-corrected chi connectivity index (χ3v) is 7.78. The number of nitrogens with one attached hydrogen (secondary N) is 3. The Bertz CT molecular complexity index is 1640. The van der Waals surface area contributed by atoms with E-state index in [-0.39, 0.29) is 24.3 Å². The number of methoxy groups -OCH3 is 1. The van der Waals surface area contributed by atoms with Gasteiger partial charge in [0.15, 0.2) is 0 Å². The average Bonchev–Trinajstić information content (AvgIpc) is 3.59. The molecule has 0 fully saturated rings. The summed E-state index contributed by atoms with van der Waals surface area (Å²) in [5.74, 6) is -2.86. The van der Waals surface area contributed by atoms with Gasteiger partial charge in [0.2, 0.25) is 5.91 Å². The van der Waals surface area contributed by atoms with Crippen LogP contribution in [-0.2, 0) is 32.1 Å². The highest BCUT2D eigenvalue weighted by Crippen LogP contribution is 2.27. The highest BCUT2D eigenvalue weighted by molar-refractivity contribution is 6.62. The van der Waals surface area contributed by atoms with Crippen LogP contribution in [0.25, 0.3) is 0 Å². The van der Waals surface area contributed by atoms with Gasteiger partial charge in [-0.2, -0.15) is 0 Å². The van der Waals surface area contributed by atoms with E-state index in [4.69, 9.17) is 14.0 Å². The molecule has 3 atom stereocenters. The number of carboxylic acids is 1. The summed E-state index contributed by atoms with van der Waals surface area (Å²) >= 11 is 0. The second kappa shape index (κ2) is 13.5. The van der Waals surface area contributed by atoms with Crippen molar-refractivity contribution in [1.29, 1.82) is 0 Å². The Labute approximate surface area is 259 Å². The zero-order valence-corrected chi connectivity index (χ0v) is 24.5. The first kappa shape index (κ1) is 31.7. The number of carboxylic acid groups (broad SMARTS) is 1. The number of ether oxygens (including phenoxy) is 1. The molecule has 13 nitrogen and oxygen atoms in total. The molecular formula is C30H31B2N3O10. The molecule has 0 spiro atoms. The van der Waals surface area contributed by atoms with Crippen molar-refractivity contribution in [2.24, 2.45) is 0 Å². The van der Waals surface area contributed by atoms with Crippen molar-refractivity contribution < 1.29 is 48.4 Å². The number of aliphatic carboxylic acids is 1. The number of amides is 3. The zero-order chi connectivity index (χ0) is 32.2. The second-order valence-corrected chi connectivity index (χ2v) is 10.8. The van der Waals surface area contributed by atoms with Crippen LogP contribution in [0.3, 0.4) is 0 Å². The standard InChI is InChI=1S/C30H31B2N3O10/c1-16(33-28(38)17-7-9-19-14-44-31(41)22(19)11-17)27(35-29(39)18-8-10-20-15-45-32(42)23(20)12-18)30(40)34-24(13-26(36)37)21-5-3-4-6-25(21)43-2/h3-12,16,24,27,41-42H,13-15H2,1-2H3,(H,33,38)(H,34,40)(H,35,39)(H,36,37). The fourth-order valence-corrected chi connectivity index (χ4v) is 5.36. The molecule has 0 aromatic heterocycles. The van der Waals surface area contributed by atoms with Crippen molar-refractivity contribution in [1.82, 2.24) is 16.0 Å². The summed E-state index contributed by atoms with van der Waals surface area (Å²) in [6, 6.07) is 12.5. The van der Waals surface area contributed by atoms with Crippen molar-refractivity contribution in [3.63, 3.8) is 0 Å². The van der Waals surface area contributed by atoms with Gasteiger partial charge in [0.1, 0.15) is 11.8 Å². The lowest BCUT2D eigenvalue weighted by Crippen LogP contribution is -2.58. The molecule has 3 aromatic rings. The molecular weight excluding hydrogens is 584 g/mol. The maximum absolute atomic E-state index is 13.8. The van der Waals surface area contributed by atoms with E-state index in [0.717, 1.165) is 5.56 Å². The molecule has 2 aliphatic heterocycles. The van der Waals surface area contributed by atoms with E-state index in [2.05, 4.69) is 16.0 Å². The number of fused-ring (bicyclic) bond motifs is 2. The molecule has 3 amide bonds. The first-order valence-electron chi connectivity index (χ1n) is 14.2. The molecule has 2 aliphatic rings. The predicted octanol–water partition coefficient (Wildman–Crippen LogP) is -0.620. The van der Waals surface area contributed by atoms with Gasteiger partial charge in [-0.25, -0.2) is 0 Å². The fourth-order valence-electron chi connectivity index (χ4n) is 5.36. The fraction of sp³-hybridized carbons (Fsp3) is 0.267. The first-order valence-corrected chi connectivity index (χ1v) is 14.2. The number of rotatable bonds is 11. The summed E-state index contributed by atoms with van der Waals surface area (Å²) in [5, 5.41) is 37.9. The van der Waals surface area contributed by atoms with E-state index in [1.165, 1.54) is 32.2 Å². The smallest absolute Gasteiger partial charge is 0.491 e. The van der Waals surface area contributed by atoms with Crippen molar-refractivity contribution in [3.8, 4) is 5.75 Å². The highest BCUT2D eigenvalue weighted by atomic mass is 16.5. The maximum atomic E-state index is 13.8. The Morgan fingerprint density at radius 1 is 0.844 bits per heavy atom. The molecule has 3 unspecified atom stereocenters. The van der Waals surface area contributed by atoms with Gasteiger partial charge < -0.3 is 45.2 Å². The van der Waals surface area contributed by atoms with Crippen LogP contribution >= 0.6 is 0 Å². The molecule has 0 saturated carbocycles. The van der Waals surface area contributed by atoms with Crippen LogP contribution in [0.1, 0.15) is 56.8 Å². The van der Waals surface area contributed by atoms with Crippen LogP contribution in [0, 0.1) is 0 Å². The largest absolute Gasteiger partial charge is 0.496 e. The van der Waals surface area contributed by atoms with Gasteiger partial charge in [-0.05, 0) is 59.3 Å². The normalized spacial score (nSPS) is 15.4. The van der Waals surface area contributed by atoms with Crippen molar-refractivity contribution in [2.45, 2.75) is 44.7 Å². The summed E-state index contributed by atoms with van der Waals surface area (Å²) in [7, 11) is -0.943. The van der Waals surface area contributed by atoms with Crippen LogP contribution in [0.5, 0.6) is 5.75 Å².